The molecule has 0 aromatic heterocycles. The second-order valence-electron chi connectivity index (χ2n) is 5.21. The van der Waals surface area contributed by atoms with Crippen molar-refractivity contribution in [2.24, 2.45) is 0 Å². The third-order valence-electron chi connectivity index (χ3n) is 3.47. The first-order chi connectivity index (χ1) is 10.7. The number of hydrogen-bond donors (Lipinski definition) is 2. The number of ether oxygens (including phenoxy) is 1. The van der Waals surface area contributed by atoms with Crippen LogP contribution in [0.1, 0.15) is 26.2 Å². The van der Waals surface area contributed by atoms with Crippen molar-refractivity contribution in [3.05, 3.63) is 24.0 Å². The van der Waals surface area contributed by atoms with Gasteiger partial charge in [-0.3, -0.25) is 4.79 Å². The van der Waals surface area contributed by atoms with Gasteiger partial charge in [0.25, 0.3) is 0 Å². The van der Waals surface area contributed by atoms with E-state index in [9.17, 15) is 9.18 Å². The number of halogens is 1. The molecule has 1 saturated heterocycles. The molecule has 1 aliphatic heterocycles. The van der Waals surface area contributed by atoms with Crippen molar-refractivity contribution >= 4 is 29.0 Å². The molecular weight excluding hydrogens is 303 g/mol. The van der Waals surface area contributed by atoms with Crippen LogP contribution in [0.2, 0.25) is 0 Å². The van der Waals surface area contributed by atoms with Gasteiger partial charge in [-0.25, -0.2) is 4.39 Å². The fraction of sp³-hybridized carbons (Fsp3) is 0.562. The minimum atomic E-state index is -0.362. The van der Waals surface area contributed by atoms with E-state index in [0.29, 0.717) is 24.3 Å². The van der Waals surface area contributed by atoms with Crippen LogP contribution in [0.4, 0.5) is 15.8 Å². The molecule has 0 aliphatic carbocycles. The summed E-state index contributed by atoms with van der Waals surface area (Å²) in [4.78, 5) is 11.7. The molecule has 2 rings (SSSR count). The number of hydrogen-bond acceptors (Lipinski definition) is 4. The van der Waals surface area contributed by atoms with Crippen LogP contribution >= 0.6 is 11.8 Å². The van der Waals surface area contributed by atoms with E-state index in [0.717, 1.165) is 31.0 Å². The fourth-order valence-corrected chi connectivity index (χ4v) is 2.92. The highest BCUT2D eigenvalue weighted by Gasteiger charge is 2.15. The van der Waals surface area contributed by atoms with E-state index >= 15 is 0 Å². The van der Waals surface area contributed by atoms with Crippen molar-refractivity contribution in [1.29, 1.82) is 0 Å². The summed E-state index contributed by atoms with van der Waals surface area (Å²) < 4.78 is 19.5. The topological polar surface area (TPSA) is 50.4 Å². The molecule has 1 fully saturated rings. The van der Waals surface area contributed by atoms with Crippen LogP contribution in [-0.4, -0.2) is 36.7 Å². The third kappa shape index (κ3) is 5.50. The quantitative estimate of drug-likeness (QED) is 0.718. The fourth-order valence-electron chi connectivity index (χ4n) is 2.30. The Labute approximate surface area is 135 Å². The SMILES string of the molecule is CCSCCC(=O)Nc1ccc(NCC2CCCO2)c(F)c1. The zero-order chi connectivity index (χ0) is 15.8. The molecule has 0 bridgehead atoms. The van der Waals surface area contributed by atoms with Gasteiger partial charge in [-0.05, 0) is 36.8 Å². The van der Waals surface area contributed by atoms with Gasteiger partial charge in [-0.1, -0.05) is 6.92 Å². The smallest absolute Gasteiger partial charge is 0.225 e. The molecule has 1 unspecified atom stereocenters. The average molecular weight is 326 g/mol. The second-order valence-corrected chi connectivity index (χ2v) is 6.60. The maximum atomic E-state index is 14.0. The Balaban J connectivity index is 1.81. The molecule has 1 aromatic rings. The van der Waals surface area contributed by atoms with Gasteiger partial charge >= 0.3 is 0 Å². The molecule has 4 nitrogen and oxygen atoms in total. The molecule has 0 saturated carbocycles. The van der Waals surface area contributed by atoms with Crippen molar-refractivity contribution in [3.63, 3.8) is 0 Å². The molecule has 1 atom stereocenters. The predicted octanol–water partition coefficient (Wildman–Crippen LogP) is 3.50. The first kappa shape index (κ1) is 17.1. The van der Waals surface area contributed by atoms with Gasteiger partial charge in [0.15, 0.2) is 0 Å². The Morgan fingerprint density at radius 3 is 3.05 bits per heavy atom. The van der Waals surface area contributed by atoms with E-state index < -0.39 is 0 Å². The van der Waals surface area contributed by atoms with Gasteiger partial charge in [0.2, 0.25) is 5.91 Å². The van der Waals surface area contributed by atoms with Gasteiger partial charge < -0.3 is 15.4 Å². The maximum absolute atomic E-state index is 14.0. The summed E-state index contributed by atoms with van der Waals surface area (Å²) in [5.41, 5.74) is 0.932. The van der Waals surface area contributed by atoms with Crippen molar-refractivity contribution in [2.45, 2.75) is 32.3 Å². The predicted molar refractivity (Wildman–Crippen MR) is 90.1 cm³/mol. The molecule has 1 aliphatic rings. The van der Waals surface area contributed by atoms with Crippen LogP contribution in [0.3, 0.4) is 0 Å². The summed E-state index contributed by atoms with van der Waals surface area (Å²) in [6, 6.07) is 4.72. The number of rotatable bonds is 8. The molecule has 1 heterocycles. The van der Waals surface area contributed by atoms with Crippen LogP contribution in [0, 0.1) is 5.82 Å². The van der Waals surface area contributed by atoms with E-state index in [2.05, 4.69) is 17.6 Å². The van der Waals surface area contributed by atoms with E-state index in [-0.39, 0.29) is 17.8 Å². The first-order valence-electron chi connectivity index (χ1n) is 7.71. The van der Waals surface area contributed by atoms with E-state index in [1.165, 1.54) is 6.07 Å². The maximum Gasteiger partial charge on any atom is 0.225 e. The monoisotopic (exact) mass is 326 g/mol. The molecule has 122 valence electrons. The van der Waals surface area contributed by atoms with Crippen LogP contribution in [0.25, 0.3) is 0 Å². The second kappa shape index (κ2) is 9.00. The Bertz CT molecular complexity index is 493. The molecule has 6 heteroatoms. The minimum absolute atomic E-state index is 0.0829. The first-order valence-corrected chi connectivity index (χ1v) is 8.87. The molecule has 1 aromatic carbocycles. The van der Waals surface area contributed by atoms with Crippen molar-refractivity contribution < 1.29 is 13.9 Å². The number of amides is 1. The molecule has 22 heavy (non-hydrogen) atoms. The summed E-state index contributed by atoms with van der Waals surface area (Å²) in [6.45, 7) is 3.45. The highest BCUT2D eigenvalue weighted by molar-refractivity contribution is 7.99. The number of benzene rings is 1. The lowest BCUT2D eigenvalue weighted by atomic mass is 10.2. The average Bonchev–Trinajstić information content (AvgIpc) is 3.00. The Kier molecular flexibility index (Phi) is 6.99. The number of thioether (sulfide) groups is 1. The molecule has 0 spiro atoms. The van der Waals surface area contributed by atoms with Gasteiger partial charge in [-0.2, -0.15) is 11.8 Å². The lowest BCUT2D eigenvalue weighted by Crippen LogP contribution is -2.19. The summed E-state index contributed by atoms with van der Waals surface area (Å²) in [7, 11) is 0. The van der Waals surface area contributed by atoms with Gasteiger partial charge in [-0.15, -0.1) is 0 Å². The van der Waals surface area contributed by atoms with Gasteiger partial charge in [0.05, 0.1) is 11.8 Å². The van der Waals surface area contributed by atoms with E-state index in [1.807, 2.05) is 0 Å². The molecule has 2 N–H and O–H groups in total. The largest absolute Gasteiger partial charge is 0.380 e. The number of nitrogens with one attached hydrogen (secondary N) is 2. The van der Waals surface area contributed by atoms with Crippen LogP contribution in [0.5, 0.6) is 0 Å². The summed E-state index contributed by atoms with van der Waals surface area (Å²) in [5.74, 6) is 1.33. The Morgan fingerprint density at radius 2 is 2.36 bits per heavy atom. The lowest BCUT2D eigenvalue weighted by molar-refractivity contribution is -0.115. The lowest BCUT2D eigenvalue weighted by Gasteiger charge is -2.13. The van der Waals surface area contributed by atoms with Crippen molar-refractivity contribution in [2.75, 3.05) is 35.3 Å². The van der Waals surface area contributed by atoms with Crippen LogP contribution in [-0.2, 0) is 9.53 Å². The summed E-state index contributed by atoms with van der Waals surface area (Å²) in [5, 5.41) is 5.78. The Morgan fingerprint density at radius 1 is 1.50 bits per heavy atom. The van der Waals surface area contributed by atoms with Crippen molar-refractivity contribution in [3.8, 4) is 0 Å². The van der Waals surface area contributed by atoms with Crippen LogP contribution in [0.15, 0.2) is 18.2 Å². The zero-order valence-electron chi connectivity index (χ0n) is 12.9. The summed E-state index contributed by atoms with van der Waals surface area (Å²) in [6.07, 6.45) is 2.68. The molecule has 1 amide bonds. The van der Waals surface area contributed by atoms with E-state index in [1.54, 1.807) is 23.9 Å². The van der Waals surface area contributed by atoms with E-state index in [4.69, 9.17) is 4.74 Å². The number of anilines is 2. The van der Waals surface area contributed by atoms with Gasteiger partial charge in [0, 0.05) is 31.0 Å². The normalized spacial score (nSPS) is 17.5. The Hall–Kier alpha value is -1.27. The standard InChI is InChI=1S/C16H23FN2O2S/c1-2-22-9-7-16(20)19-12-5-6-15(14(17)10-12)18-11-13-4-3-8-21-13/h5-6,10,13,18H,2-4,7-9,11H2,1H3,(H,19,20). The molecule has 0 radical (unpaired) electrons. The van der Waals surface area contributed by atoms with Crippen molar-refractivity contribution in [1.82, 2.24) is 0 Å². The minimum Gasteiger partial charge on any atom is -0.380 e. The zero-order valence-corrected chi connectivity index (χ0v) is 13.7. The van der Waals surface area contributed by atoms with Crippen LogP contribution < -0.4 is 10.6 Å². The number of carbonyl (C=O) groups excluding carboxylic acids is 1. The van der Waals surface area contributed by atoms with Gasteiger partial charge in [0.1, 0.15) is 5.82 Å². The third-order valence-corrected chi connectivity index (χ3v) is 4.38. The highest BCUT2D eigenvalue weighted by Crippen LogP contribution is 2.20. The number of carbonyl (C=O) groups is 1. The highest BCUT2D eigenvalue weighted by atomic mass is 32.2. The summed E-state index contributed by atoms with van der Waals surface area (Å²) >= 11 is 1.71. The molecular formula is C16H23FN2O2S.